The molecule has 0 fully saturated rings. The summed E-state index contributed by atoms with van der Waals surface area (Å²) in [6.07, 6.45) is 3.32. The molecule has 1 aromatic carbocycles. The van der Waals surface area contributed by atoms with Crippen molar-refractivity contribution in [3.63, 3.8) is 0 Å². The van der Waals surface area contributed by atoms with E-state index < -0.39 is 0 Å². The number of hydrogen-bond acceptors (Lipinski definition) is 1. The second-order valence-electron chi connectivity index (χ2n) is 5.43. The first-order valence-corrected chi connectivity index (χ1v) is 7.19. The number of nitrogens with two attached hydrogens (primary N) is 1. The van der Waals surface area contributed by atoms with E-state index in [-0.39, 0.29) is 6.04 Å². The van der Waals surface area contributed by atoms with Gasteiger partial charge in [-0.3, -0.25) is 0 Å². The number of benzene rings is 1. The summed E-state index contributed by atoms with van der Waals surface area (Å²) in [5.41, 5.74) is 12.4. The Kier molecular flexibility index (Phi) is 3.15. The maximum atomic E-state index is 6.42. The van der Waals surface area contributed by atoms with E-state index in [2.05, 4.69) is 30.5 Å². The molecule has 2 N–H and O–H groups in total. The molecule has 2 aromatic rings. The Hall–Kier alpha value is -1.25. The molecule has 19 heavy (non-hydrogen) atoms. The van der Waals surface area contributed by atoms with Crippen molar-refractivity contribution in [1.29, 1.82) is 0 Å². The highest BCUT2D eigenvalue weighted by molar-refractivity contribution is 6.32. The van der Waals surface area contributed by atoms with E-state index in [0.717, 1.165) is 30.0 Å². The fourth-order valence-corrected chi connectivity index (χ4v) is 3.46. The highest BCUT2D eigenvalue weighted by Gasteiger charge is 2.24. The normalized spacial score (nSPS) is 18.4. The molecule has 3 rings (SSSR count). The zero-order valence-electron chi connectivity index (χ0n) is 11.4. The summed E-state index contributed by atoms with van der Waals surface area (Å²) >= 11 is 6.42. The van der Waals surface area contributed by atoms with Gasteiger partial charge in [-0.1, -0.05) is 23.7 Å². The standard InChI is InChI=1S/C16H19ClN2/c1-10-5-3-6-13(17)16(10)19-11(2)9-12-14(18)7-4-8-15(12)19/h3,5-6,9,14H,4,7-8,18H2,1-2H3. The third kappa shape index (κ3) is 1.99. The molecule has 0 bridgehead atoms. The number of aryl methyl sites for hydroxylation is 2. The van der Waals surface area contributed by atoms with Crippen molar-refractivity contribution >= 4 is 11.6 Å². The van der Waals surface area contributed by atoms with Crippen LogP contribution in [0.2, 0.25) is 5.02 Å². The molecule has 1 heterocycles. The molecule has 1 aliphatic carbocycles. The van der Waals surface area contributed by atoms with Crippen LogP contribution in [0.4, 0.5) is 0 Å². The Bertz CT molecular complexity index is 608. The van der Waals surface area contributed by atoms with Gasteiger partial charge in [0.15, 0.2) is 0 Å². The van der Waals surface area contributed by atoms with Crippen LogP contribution in [0.1, 0.15) is 41.4 Å². The van der Waals surface area contributed by atoms with Gasteiger partial charge in [0.05, 0.1) is 10.7 Å². The topological polar surface area (TPSA) is 30.9 Å². The zero-order chi connectivity index (χ0) is 13.6. The summed E-state index contributed by atoms with van der Waals surface area (Å²) < 4.78 is 2.30. The molecule has 1 unspecified atom stereocenters. The third-order valence-corrected chi connectivity index (χ3v) is 4.37. The summed E-state index contributed by atoms with van der Waals surface area (Å²) in [4.78, 5) is 0. The number of halogens is 1. The van der Waals surface area contributed by atoms with Crippen LogP contribution in [0.5, 0.6) is 0 Å². The Labute approximate surface area is 119 Å². The molecular formula is C16H19ClN2. The first-order chi connectivity index (χ1) is 9.09. The van der Waals surface area contributed by atoms with E-state index in [4.69, 9.17) is 17.3 Å². The number of fused-ring (bicyclic) bond motifs is 1. The van der Waals surface area contributed by atoms with Crippen LogP contribution >= 0.6 is 11.6 Å². The van der Waals surface area contributed by atoms with Crippen molar-refractivity contribution in [2.75, 3.05) is 0 Å². The summed E-state index contributed by atoms with van der Waals surface area (Å²) in [6, 6.07) is 8.46. The van der Waals surface area contributed by atoms with Gasteiger partial charge in [0.2, 0.25) is 0 Å². The van der Waals surface area contributed by atoms with Gasteiger partial charge in [0, 0.05) is 17.4 Å². The monoisotopic (exact) mass is 274 g/mol. The van der Waals surface area contributed by atoms with Crippen molar-refractivity contribution < 1.29 is 0 Å². The molecule has 1 aromatic heterocycles. The fraction of sp³-hybridized carbons (Fsp3) is 0.375. The van der Waals surface area contributed by atoms with Gasteiger partial charge in [-0.25, -0.2) is 0 Å². The third-order valence-electron chi connectivity index (χ3n) is 4.06. The molecule has 0 saturated carbocycles. The van der Waals surface area contributed by atoms with Crippen LogP contribution in [-0.4, -0.2) is 4.57 Å². The van der Waals surface area contributed by atoms with E-state index in [1.807, 2.05) is 12.1 Å². The molecule has 1 aliphatic rings. The molecule has 0 amide bonds. The summed E-state index contributed by atoms with van der Waals surface area (Å²) in [6.45, 7) is 4.24. The van der Waals surface area contributed by atoms with E-state index in [0.29, 0.717) is 0 Å². The average molecular weight is 275 g/mol. The predicted molar refractivity (Wildman–Crippen MR) is 80.1 cm³/mol. The summed E-state index contributed by atoms with van der Waals surface area (Å²) in [7, 11) is 0. The maximum Gasteiger partial charge on any atom is 0.0670 e. The van der Waals surface area contributed by atoms with E-state index in [9.17, 15) is 0 Å². The van der Waals surface area contributed by atoms with Crippen molar-refractivity contribution in [3.05, 3.63) is 51.8 Å². The molecule has 2 nitrogen and oxygen atoms in total. The van der Waals surface area contributed by atoms with Crippen molar-refractivity contribution in [2.45, 2.75) is 39.2 Å². The Morgan fingerprint density at radius 3 is 2.84 bits per heavy atom. The molecule has 1 atom stereocenters. The molecular weight excluding hydrogens is 256 g/mol. The van der Waals surface area contributed by atoms with Crippen LogP contribution in [-0.2, 0) is 6.42 Å². The van der Waals surface area contributed by atoms with Gasteiger partial charge in [-0.2, -0.15) is 0 Å². The Balaban J connectivity index is 2.26. The Morgan fingerprint density at radius 2 is 2.11 bits per heavy atom. The van der Waals surface area contributed by atoms with Crippen LogP contribution < -0.4 is 5.73 Å². The fourth-order valence-electron chi connectivity index (χ4n) is 3.15. The lowest BCUT2D eigenvalue weighted by Gasteiger charge is -2.22. The lowest BCUT2D eigenvalue weighted by atomic mass is 9.93. The minimum atomic E-state index is 0.173. The Morgan fingerprint density at radius 1 is 1.32 bits per heavy atom. The number of nitrogens with zero attached hydrogens (tertiary/aromatic N) is 1. The van der Waals surface area contributed by atoms with Gasteiger partial charge in [0.25, 0.3) is 0 Å². The largest absolute Gasteiger partial charge is 0.324 e. The van der Waals surface area contributed by atoms with Crippen molar-refractivity contribution in [2.24, 2.45) is 5.73 Å². The van der Waals surface area contributed by atoms with Crippen molar-refractivity contribution in [1.82, 2.24) is 4.57 Å². The van der Waals surface area contributed by atoms with E-state index in [1.165, 1.54) is 22.5 Å². The van der Waals surface area contributed by atoms with Gasteiger partial charge >= 0.3 is 0 Å². The summed E-state index contributed by atoms with van der Waals surface area (Å²) in [5.74, 6) is 0. The number of para-hydroxylation sites is 1. The highest BCUT2D eigenvalue weighted by Crippen LogP contribution is 2.35. The second kappa shape index (κ2) is 4.69. The first-order valence-electron chi connectivity index (χ1n) is 6.81. The van der Waals surface area contributed by atoms with Crippen LogP contribution in [0.25, 0.3) is 5.69 Å². The predicted octanol–water partition coefficient (Wildman–Crippen LogP) is 4.08. The lowest BCUT2D eigenvalue weighted by Crippen LogP contribution is -2.18. The lowest BCUT2D eigenvalue weighted by molar-refractivity contribution is 0.560. The smallest absolute Gasteiger partial charge is 0.0670 e. The van der Waals surface area contributed by atoms with Crippen LogP contribution in [0.15, 0.2) is 24.3 Å². The molecule has 0 radical (unpaired) electrons. The highest BCUT2D eigenvalue weighted by atomic mass is 35.5. The molecule has 3 heteroatoms. The zero-order valence-corrected chi connectivity index (χ0v) is 12.2. The van der Waals surface area contributed by atoms with Gasteiger partial charge in [0.1, 0.15) is 0 Å². The quantitative estimate of drug-likeness (QED) is 0.834. The van der Waals surface area contributed by atoms with Gasteiger partial charge in [-0.15, -0.1) is 0 Å². The van der Waals surface area contributed by atoms with Crippen LogP contribution in [0.3, 0.4) is 0 Å². The minimum Gasteiger partial charge on any atom is -0.324 e. The molecule has 0 saturated heterocycles. The second-order valence-corrected chi connectivity index (χ2v) is 5.83. The number of hydrogen-bond donors (Lipinski definition) is 1. The number of rotatable bonds is 1. The minimum absolute atomic E-state index is 0.173. The summed E-state index contributed by atoms with van der Waals surface area (Å²) in [5, 5.41) is 0.806. The average Bonchev–Trinajstić information content (AvgIpc) is 2.68. The maximum absolute atomic E-state index is 6.42. The van der Waals surface area contributed by atoms with E-state index >= 15 is 0 Å². The van der Waals surface area contributed by atoms with Crippen LogP contribution in [0, 0.1) is 13.8 Å². The first kappa shape index (κ1) is 12.8. The molecule has 0 aliphatic heterocycles. The van der Waals surface area contributed by atoms with E-state index in [1.54, 1.807) is 0 Å². The molecule has 0 spiro atoms. The SMILES string of the molecule is Cc1cccc(Cl)c1-n1c(C)cc2c1CCCC2N. The van der Waals surface area contributed by atoms with Crippen molar-refractivity contribution in [3.8, 4) is 5.69 Å². The van der Waals surface area contributed by atoms with Gasteiger partial charge < -0.3 is 10.3 Å². The van der Waals surface area contributed by atoms with Gasteiger partial charge in [-0.05, 0) is 56.4 Å². The number of aromatic nitrogens is 1. The molecule has 100 valence electrons.